The molecule has 0 fully saturated rings. The number of benzene rings is 3. The second-order valence-electron chi connectivity index (χ2n) is 7.46. The van der Waals surface area contributed by atoms with Crippen molar-refractivity contribution in [2.24, 2.45) is 10.8 Å². The van der Waals surface area contributed by atoms with E-state index in [-0.39, 0.29) is 11.8 Å². The quantitative estimate of drug-likeness (QED) is 0.540. The zero-order valence-electron chi connectivity index (χ0n) is 17.7. The van der Waals surface area contributed by atoms with Gasteiger partial charge < -0.3 is 15.9 Å². The van der Waals surface area contributed by atoms with Crippen LogP contribution in [0.5, 0.6) is 5.75 Å². The number of amides is 2. The van der Waals surface area contributed by atoms with Crippen molar-refractivity contribution < 1.29 is 14.3 Å². The van der Waals surface area contributed by atoms with Gasteiger partial charge in [-0.2, -0.15) is 5.10 Å². The van der Waals surface area contributed by atoms with E-state index in [4.69, 9.17) is 10.5 Å². The summed E-state index contributed by atoms with van der Waals surface area (Å²) in [5.74, 6) is 0.701. The first kappa shape index (κ1) is 21.1. The Morgan fingerprint density at radius 1 is 1.03 bits per heavy atom. The molecule has 1 atom stereocenters. The van der Waals surface area contributed by atoms with Crippen LogP contribution in [0.3, 0.4) is 0 Å². The molecule has 3 aromatic carbocycles. The van der Waals surface area contributed by atoms with Gasteiger partial charge in [-0.15, -0.1) is 0 Å². The molecule has 4 rings (SSSR count). The Kier molecular flexibility index (Phi) is 6.17. The predicted octanol–water partition coefficient (Wildman–Crippen LogP) is 4.55. The second-order valence-corrected chi connectivity index (χ2v) is 7.46. The van der Waals surface area contributed by atoms with Crippen LogP contribution < -0.4 is 20.8 Å². The normalized spacial score (nSPS) is 14.2. The number of anilines is 2. The van der Waals surface area contributed by atoms with Gasteiger partial charge in [-0.3, -0.25) is 9.69 Å². The lowest BCUT2D eigenvalue weighted by Crippen LogP contribution is -2.32. The molecule has 0 saturated carbocycles. The monoisotopic (exact) mass is 428 g/mol. The number of carbonyl (C=O) groups is 2. The third kappa shape index (κ3) is 4.46. The number of methoxy groups -OCH3 is 1. The molecule has 3 aromatic rings. The molecule has 1 heterocycles. The van der Waals surface area contributed by atoms with Gasteiger partial charge in [0.05, 0.1) is 30.7 Å². The highest BCUT2D eigenvalue weighted by molar-refractivity contribution is 5.99. The number of hydrazone groups is 1. The van der Waals surface area contributed by atoms with Gasteiger partial charge in [-0.25, -0.2) is 4.79 Å². The molecule has 0 saturated heterocycles. The molecular formula is C25H24N4O3. The molecule has 7 heteroatoms. The van der Waals surface area contributed by atoms with Gasteiger partial charge in [0.2, 0.25) is 0 Å². The average Bonchev–Trinajstić information content (AvgIpc) is 2.83. The molecular weight excluding hydrogens is 404 g/mol. The lowest BCUT2D eigenvalue weighted by Gasteiger charge is -2.26. The summed E-state index contributed by atoms with van der Waals surface area (Å²) in [6.07, 6.45) is 2.67. The number of fused-ring (bicyclic) bond motifs is 1. The molecule has 0 radical (unpaired) electrons. The standard InChI is InChI=1S/C25H24N4O3/c1-32-21-9-5-8-19(14-21)29(25(26)31)20-11-10-18-16-27-28-23(22(18)15-20)12-13-24(30)17-6-3-2-4-7-17/h2-11,14-16,23,28H,12-13H2,1H3,(H2,26,31). The first-order chi connectivity index (χ1) is 15.6. The van der Waals surface area contributed by atoms with Crippen LogP contribution in [0, 0.1) is 0 Å². The Bertz CT molecular complexity index is 1160. The zero-order valence-corrected chi connectivity index (χ0v) is 17.7. The summed E-state index contributed by atoms with van der Waals surface area (Å²) in [5, 5.41) is 4.23. The van der Waals surface area contributed by atoms with E-state index in [1.54, 1.807) is 37.6 Å². The summed E-state index contributed by atoms with van der Waals surface area (Å²) in [6.45, 7) is 0. The fraction of sp³-hybridized carbons (Fsp3) is 0.160. The first-order valence-electron chi connectivity index (χ1n) is 10.3. The molecule has 0 aliphatic carbocycles. The molecule has 1 aliphatic rings. The number of primary amides is 1. The van der Waals surface area contributed by atoms with Crippen molar-refractivity contribution in [1.29, 1.82) is 0 Å². The second kappa shape index (κ2) is 9.34. The topological polar surface area (TPSA) is 97.0 Å². The van der Waals surface area contributed by atoms with Gasteiger partial charge in [0.25, 0.3) is 0 Å². The molecule has 0 spiro atoms. The van der Waals surface area contributed by atoms with Gasteiger partial charge >= 0.3 is 6.03 Å². The van der Waals surface area contributed by atoms with Crippen LogP contribution >= 0.6 is 0 Å². The Morgan fingerprint density at radius 3 is 2.56 bits per heavy atom. The van der Waals surface area contributed by atoms with E-state index in [1.165, 1.54) is 4.90 Å². The van der Waals surface area contributed by atoms with E-state index in [2.05, 4.69) is 10.5 Å². The van der Waals surface area contributed by atoms with Crippen LogP contribution in [-0.2, 0) is 0 Å². The summed E-state index contributed by atoms with van der Waals surface area (Å²) < 4.78 is 5.28. The van der Waals surface area contributed by atoms with E-state index >= 15 is 0 Å². The number of ketones is 1. The third-order valence-corrected chi connectivity index (χ3v) is 5.43. The SMILES string of the molecule is COc1cccc(N(C(N)=O)c2ccc3c(c2)C(CCC(=O)c2ccccc2)NN=C3)c1. The smallest absolute Gasteiger partial charge is 0.323 e. The Balaban J connectivity index is 1.61. The molecule has 162 valence electrons. The highest BCUT2D eigenvalue weighted by atomic mass is 16.5. The summed E-state index contributed by atoms with van der Waals surface area (Å²) in [4.78, 5) is 26.3. The van der Waals surface area contributed by atoms with E-state index in [0.717, 1.165) is 11.1 Å². The molecule has 0 bridgehead atoms. The number of hydrogen-bond donors (Lipinski definition) is 2. The zero-order chi connectivity index (χ0) is 22.5. The maximum atomic E-state index is 12.6. The number of nitrogens with one attached hydrogen (secondary N) is 1. The molecule has 7 nitrogen and oxygen atoms in total. The summed E-state index contributed by atoms with van der Waals surface area (Å²) in [5.41, 5.74) is 12.6. The van der Waals surface area contributed by atoms with E-state index < -0.39 is 6.03 Å². The van der Waals surface area contributed by atoms with Crippen LogP contribution in [0.2, 0.25) is 0 Å². The highest BCUT2D eigenvalue weighted by Gasteiger charge is 2.23. The average molecular weight is 428 g/mol. The number of carbonyl (C=O) groups excluding carboxylic acids is 2. The van der Waals surface area contributed by atoms with Crippen molar-refractivity contribution in [2.45, 2.75) is 18.9 Å². The number of hydrogen-bond acceptors (Lipinski definition) is 5. The highest BCUT2D eigenvalue weighted by Crippen LogP contribution is 2.33. The third-order valence-electron chi connectivity index (χ3n) is 5.43. The fourth-order valence-electron chi connectivity index (χ4n) is 3.80. The van der Waals surface area contributed by atoms with Crippen molar-refractivity contribution in [3.8, 4) is 5.75 Å². The van der Waals surface area contributed by atoms with Crippen LogP contribution in [0.4, 0.5) is 16.2 Å². The Labute approximate surface area is 186 Å². The fourth-order valence-corrected chi connectivity index (χ4v) is 3.80. The lowest BCUT2D eigenvalue weighted by atomic mass is 9.94. The van der Waals surface area contributed by atoms with Gasteiger partial charge in [-0.1, -0.05) is 42.5 Å². The molecule has 2 amide bonds. The predicted molar refractivity (Wildman–Crippen MR) is 125 cm³/mol. The molecule has 1 unspecified atom stereocenters. The summed E-state index contributed by atoms with van der Waals surface area (Å²) in [6, 6.07) is 21.3. The van der Waals surface area contributed by atoms with Crippen LogP contribution in [0.25, 0.3) is 0 Å². The van der Waals surface area contributed by atoms with E-state index in [0.29, 0.717) is 35.5 Å². The van der Waals surface area contributed by atoms with Crippen molar-refractivity contribution in [3.63, 3.8) is 0 Å². The largest absolute Gasteiger partial charge is 0.497 e. The minimum atomic E-state index is -0.605. The Hall–Kier alpha value is -4.13. The van der Waals surface area contributed by atoms with Gasteiger partial charge in [0.15, 0.2) is 5.78 Å². The van der Waals surface area contributed by atoms with Crippen molar-refractivity contribution in [1.82, 2.24) is 5.43 Å². The maximum Gasteiger partial charge on any atom is 0.323 e. The molecule has 32 heavy (non-hydrogen) atoms. The number of rotatable bonds is 7. The van der Waals surface area contributed by atoms with Crippen LogP contribution in [-0.4, -0.2) is 25.1 Å². The number of Topliss-reactive ketones (excluding diaryl/α,β-unsaturated/α-hetero) is 1. The molecule has 1 aliphatic heterocycles. The van der Waals surface area contributed by atoms with Gasteiger partial charge in [0, 0.05) is 18.1 Å². The lowest BCUT2D eigenvalue weighted by molar-refractivity contribution is 0.0976. The summed E-state index contributed by atoms with van der Waals surface area (Å²) in [7, 11) is 1.57. The van der Waals surface area contributed by atoms with Crippen LogP contribution in [0.15, 0.2) is 77.9 Å². The van der Waals surface area contributed by atoms with Crippen molar-refractivity contribution in [2.75, 3.05) is 12.0 Å². The number of urea groups is 1. The van der Waals surface area contributed by atoms with Gasteiger partial charge in [-0.05, 0) is 41.8 Å². The Morgan fingerprint density at radius 2 is 1.81 bits per heavy atom. The number of nitrogens with zero attached hydrogens (tertiary/aromatic N) is 2. The number of nitrogens with two attached hydrogens (primary N) is 1. The molecule has 3 N–H and O–H groups in total. The minimum Gasteiger partial charge on any atom is -0.497 e. The number of ether oxygens (including phenoxy) is 1. The van der Waals surface area contributed by atoms with Gasteiger partial charge in [0.1, 0.15) is 5.75 Å². The van der Waals surface area contributed by atoms with Crippen molar-refractivity contribution in [3.05, 3.63) is 89.5 Å². The summed E-state index contributed by atoms with van der Waals surface area (Å²) >= 11 is 0. The molecule has 0 aromatic heterocycles. The minimum absolute atomic E-state index is 0.0785. The van der Waals surface area contributed by atoms with E-state index in [1.807, 2.05) is 48.5 Å². The first-order valence-corrected chi connectivity index (χ1v) is 10.3. The maximum absolute atomic E-state index is 12.6. The van der Waals surface area contributed by atoms with E-state index in [9.17, 15) is 9.59 Å². The van der Waals surface area contributed by atoms with Crippen molar-refractivity contribution >= 4 is 29.4 Å². The van der Waals surface area contributed by atoms with Crippen LogP contribution in [0.1, 0.15) is 40.4 Å².